The van der Waals surface area contributed by atoms with Crippen LogP contribution < -0.4 is 0 Å². The van der Waals surface area contributed by atoms with Gasteiger partial charge >= 0.3 is 5.97 Å². The van der Waals surface area contributed by atoms with Crippen LogP contribution in [0.5, 0.6) is 0 Å². The molecule has 128 valence electrons. The third kappa shape index (κ3) is 2.69. The van der Waals surface area contributed by atoms with Crippen molar-refractivity contribution < 1.29 is 19.0 Å². The Morgan fingerprint density at radius 2 is 1.96 bits per heavy atom. The molecule has 3 fully saturated rings. The standard InChI is InChI=1S/C19H28O4/c20-17(15-6-2-1-3-7-15)22-12-10-18-8-4-5-9-19(18)11-13-21-16(14-18)23-19/h11,13,15-16H,1-10,12,14H2/t16-,18-,19-/m1/s1. The zero-order valence-corrected chi connectivity index (χ0v) is 13.9. The first-order chi connectivity index (χ1) is 11.2. The van der Waals surface area contributed by atoms with Crippen LogP contribution in [0, 0.1) is 11.3 Å². The minimum absolute atomic E-state index is 0.0274. The smallest absolute Gasteiger partial charge is 0.308 e. The number of ether oxygens (including phenoxy) is 3. The average molecular weight is 320 g/mol. The van der Waals surface area contributed by atoms with Gasteiger partial charge in [-0.25, -0.2) is 0 Å². The molecule has 4 aliphatic rings. The predicted octanol–water partition coefficient (Wildman–Crippen LogP) is 4.09. The molecule has 1 spiro atoms. The number of carbonyl (C=O) groups is 1. The van der Waals surface area contributed by atoms with Crippen LogP contribution in [0.1, 0.15) is 70.6 Å². The van der Waals surface area contributed by atoms with Gasteiger partial charge in [-0.3, -0.25) is 4.79 Å². The van der Waals surface area contributed by atoms with Crippen LogP contribution >= 0.6 is 0 Å². The van der Waals surface area contributed by atoms with E-state index >= 15 is 0 Å². The Bertz CT molecular complexity index is 482. The lowest BCUT2D eigenvalue weighted by Crippen LogP contribution is -2.47. The molecule has 2 bridgehead atoms. The van der Waals surface area contributed by atoms with E-state index in [2.05, 4.69) is 6.08 Å². The number of esters is 1. The summed E-state index contributed by atoms with van der Waals surface area (Å²) in [5.74, 6) is 0.170. The van der Waals surface area contributed by atoms with Crippen molar-refractivity contribution in [1.29, 1.82) is 0 Å². The summed E-state index contributed by atoms with van der Waals surface area (Å²) in [6.07, 6.45) is 16.0. The summed E-state index contributed by atoms with van der Waals surface area (Å²) in [7, 11) is 0. The highest BCUT2D eigenvalue weighted by atomic mass is 16.7. The lowest BCUT2D eigenvalue weighted by atomic mass is 9.61. The van der Waals surface area contributed by atoms with Crippen molar-refractivity contribution in [2.24, 2.45) is 11.3 Å². The third-order valence-electron chi connectivity index (χ3n) is 6.58. The van der Waals surface area contributed by atoms with E-state index in [0.29, 0.717) is 6.61 Å². The molecule has 0 amide bonds. The summed E-state index contributed by atoms with van der Waals surface area (Å²) < 4.78 is 17.5. The Morgan fingerprint density at radius 1 is 1.13 bits per heavy atom. The van der Waals surface area contributed by atoms with Gasteiger partial charge in [-0.15, -0.1) is 0 Å². The van der Waals surface area contributed by atoms with Gasteiger partial charge in [0.15, 0.2) is 0 Å². The van der Waals surface area contributed by atoms with Gasteiger partial charge in [-0.2, -0.15) is 0 Å². The maximum Gasteiger partial charge on any atom is 0.308 e. The van der Waals surface area contributed by atoms with E-state index in [4.69, 9.17) is 14.2 Å². The topological polar surface area (TPSA) is 44.8 Å². The summed E-state index contributed by atoms with van der Waals surface area (Å²) in [6.45, 7) is 0.529. The highest BCUT2D eigenvalue weighted by Gasteiger charge is 2.60. The van der Waals surface area contributed by atoms with Gasteiger partial charge in [0.2, 0.25) is 6.29 Å². The van der Waals surface area contributed by atoms with Crippen LogP contribution in [0.4, 0.5) is 0 Å². The molecule has 0 radical (unpaired) electrons. The molecule has 3 atom stereocenters. The second-order valence-electron chi connectivity index (χ2n) is 7.82. The molecule has 0 aromatic rings. The van der Waals surface area contributed by atoms with Crippen molar-refractivity contribution in [3.8, 4) is 0 Å². The van der Waals surface area contributed by atoms with Crippen LogP contribution in [-0.4, -0.2) is 24.5 Å². The summed E-state index contributed by atoms with van der Waals surface area (Å²) in [6, 6.07) is 0. The summed E-state index contributed by atoms with van der Waals surface area (Å²) >= 11 is 0. The first kappa shape index (κ1) is 15.5. The molecule has 0 N–H and O–H groups in total. The van der Waals surface area contributed by atoms with Gasteiger partial charge in [-0.05, 0) is 38.2 Å². The van der Waals surface area contributed by atoms with Gasteiger partial charge in [0.05, 0.1) is 24.4 Å². The maximum atomic E-state index is 12.3. The number of hydrogen-bond donors (Lipinski definition) is 0. The SMILES string of the molecule is O=C(OCC[C@@]12CCCC[C@@]13C=CO[C@@H](C2)O3)C1CCCCC1. The molecule has 4 nitrogen and oxygen atoms in total. The van der Waals surface area contributed by atoms with E-state index in [9.17, 15) is 4.79 Å². The molecule has 0 aromatic carbocycles. The monoisotopic (exact) mass is 320 g/mol. The Balaban J connectivity index is 1.37. The molecule has 4 rings (SSSR count). The average Bonchev–Trinajstić information content (AvgIpc) is 2.81. The van der Waals surface area contributed by atoms with Crippen molar-refractivity contribution in [2.45, 2.75) is 82.5 Å². The molecule has 4 heteroatoms. The van der Waals surface area contributed by atoms with Crippen LogP contribution in [0.2, 0.25) is 0 Å². The molecule has 2 heterocycles. The Hall–Kier alpha value is -1.03. The predicted molar refractivity (Wildman–Crippen MR) is 85.5 cm³/mol. The Morgan fingerprint density at radius 3 is 2.83 bits per heavy atom. The van der Waals surface area contributed by atoms with Crippen LogP contribution in [0.3, 0.4) is 0 Å². The van der Waals surface area contributed by atoms with Gasteiger partial charge in [0, 0.05) is 11.8 Å². The lowest BCUT2D eigenvalue weighted by Gasteiger charge is -2.46. The van der Waals surface area contributed by atoms with Gasteiger partial charge < -0.3 is 14.2 Å². The molecular formula is C19H28O4. The Labute approximate surface area is 138 Å². The normalized spacial score (nSPS) is 39.6. The summed E-state index contributed by atoms with van der Waals surface area (Å²) in [5.41, 5.74) is -0.0822. The molecule has 23 heavy (non-hydrogen) atoms. The third-order valence-corrected chi connectivity index (χ3v) is 6.58. The fourth-order valence-electron chi connectivity index (χ4n) is 5.24. The molecule has 1 saturated heterocycles. The van der Waals surface area contributed by atoms with E-state index in [1.165, 1.54) is 32.1 Å². The zero-order valence-electron chi connectivity index (χ0n) is 13.9. The lowest BCUT2D eigenvalue weighted by molar-refractivity contribution is -0.166. The molecule has 2 aliphatic carbocycles. The van der Waals surface area contributed by atoms with Crippen molar-refractivity contribution in [2.75, 3.05) is 6.61 Å². The fourth-order valence-corrected chi connectivity index (χ4v) is 5.24. The highest BCUT2D eigenvalue weighted by molar-refractivity contribution is 5.72. The fraction of sp³-hybridized carbons (Fsp3) is 0.842. The van der Waals surface area contributed by atoms with Gasteiger partial charge in [0.25, 0.3) is 0 Å². The van der Waals surface area contributed by atoms with E-state index in [0.717, 1.165) is 38.5 Å². The van der Waals surface area contributed by atoms with Crippen LogP contribution in [0.25, 0.3) is 0 Å². The highest BCUT2D eigenvalue weighted by Crippen LogP contribution is 2.59. The number of rotatable bonds is 4. The second-order valence-corrected chi connectivity index (χ2v) is 7.82. The van der Waals surface area contributed by atoms with E-state index < -0.39 is 0 Å². The van der Waals surface area contributed by atoms with Crippen LogP contribution in [-0.2, 0) is 19.0 Å². The molecule has 2 saturated carbocycles. The van der Waals surface area contributed by atoms with Crippen molar-refractivity contribution in [1.82, 2.24) is 0 Å². The molecular weight excluding hydrogens is 292 g/mol. The van der Waals surface area contributed by atoms with Crippen molar-refractivity contribution in [3.05, 3.63) is 12.3 Å². The van der Waals surface area contributed by atoms with Gasteiger partial charge in [0.1, 0.15) is 0 Å². The first-order valence-corrected chi connectivity index (χ1v) is 9.41. The first-order valence-electron chi connectivity index (χ1n) is 9.41. The van der Waals surface area contributed by atoms with Crippen LogP contribution in [0.15, 0.2) is 12.3 Å². The molecule has 0 unspecified atom stereocenters. The minimum atomic E-state index is -0.175. The number of hydrogen-bond acceptors (Lipinski definition) is 4. The minimum Gasteiger partial charge on any atom is -0.473 e. The van der Waals surface area contributed by atoms with E-state index in [1.807, 2.05) is 6.26 Å². The number of carbonyl (C=O) groups excluding carboxylic acids is 1. The zero-order chi connectivity index (χ0) is 15.8. The largest absolute Gasteiger partial charge is 0.473 e. The maximum absolute atomic E-state index is 12.3. The molecule has 0 aromatic heterocycles. The second kappa shape index (κ2) is 6.12. The quantitative estimate of drug-likeness (QED) is 0.732. The summed E-state index contributed by atoms with van der Waals surface area (Å²) in [4.78, 5) is 12.3. The van der Waals surface area contributed by atoms with E-state index in [1.54, 1.807) is 0 Å². The molecule has 2 aliphatic heterocycles. The summed E-state index contributed by atoms with van der Waals surface area (Å²) in [5, 5.41) is 0. The Kier molecular flexibility index (Phi) is 4.12. The van der Waals surface area contributed by atoms with E-state index in [-0.39, 0.29) is 29.2 Å². The van der Waals surface area contributed by atoms with Crippen molar-refractivity contribution in [3.63, 3.8) is 0 Å². The van der Waals surface area contributed by atoms with Gasteiger partial charge in [-0.1, -0.05) is 32.1 Å². The van der Waals surface area contributed by atoms with Crippen molar-refractivity contribution >= 4 is 5.97 Å². The number of fused-ring (bicyclic) bond motifs is 1.